The smallest absolute Gasteiger partial charge is 0.435 e. The lowest BCUT2D eigenvalue weighted by Gasteiger charge is -2.18. The minimum Gasteiger partial charge on any atom is -0.435 e. The van der Waals surface area contributed by atoms with E-state index in [1.165, 1.54) is 4.90 Å². The predicted molar refractivity (Wildman–Crippen MR) is 48.4 cm³/mol. The maximum Gasteiger partial charge on any atom is 0.510 e. The van der Waals surface area contributed by atoms with Crippen LogP contribution in [0.3, 0.4) is 0 Å². The first kappa shape index (κ1) is 10.6. The maximum atomic E-state index is 11.3. The van der Waals surface area contributed by atoms with E-state index in [1.807, 2.05) is 0 Å². The summed E-state index contributed by atoms with van der Waals surface area (Å²) in [6.07, 6.45) is 0.184. The molecule has 14 heavy (non-hydrogen) atoms. The SMILES string of the molecule is CCOC(=O)OC1C=C(C)C(=O)N1C. The van der Waals surface area contributed by atoms with Gasteiger partial charge in [0, 0.05) is 12.6 Å². The zero-order valence-electron chi connectivity index (χ0n) is 8.44. The van der Waals surface area contributed by atoms with Gasteiger partial charge >= 0.3 is 6.16 Å². The minimum absolute atomic E-state index is 0.140. The van der Waals surface area contributed by atoms with E-state index in [0.29, 0.717) is 5.57 Å². The zero-order valence-corrected chi connectivity index (χ0v) is 8.44. The largest absolute Gasteiger partial charge is 0.510 e. The molecule has 1 heterocycles. The highest BCUT2D eigenvalue weighted by molar-refractivity contribution is 5.95. The standard InChI is InChI=1S/C9H13NO4/c1-4-13-9(12)14-7-5-6(2)8(11)10(7)3/h5,7H,4H2,1-3H3. The lowest BCUT2D eigenvalue weighted by Crippen LogP contribution is -2.34. The number of rotatable bonds is 2. The molecule has 0 spiro atoms. The Hall–Kier alpha value is -1.52. The van der Waals surface area contributed by atoms with Crippen molar-refractivity contribution >= 4 is 12.1 Å². The molecule has 1 rings (SSSR count). The third kappa shape index (κ3) is 2.04. The zero-order chi connectivity index (χ0) is 10.7. The van der Waals surface area contributed by atoms with Crippen LogP contribution in [0.2, 0.25) is 0 Å². The number of nitrogens with zero attached hydrogens (tertiary/aromatic N) is 1. The summed E-state index contributed by atoms with van der Waals surface area (Å²) in [7, 11) is 1.57. The van der Waals surface area contributed by atoms with Crippen molar-refractivity contribution in [2.75, 3.05) is 13.7 Å². The second kappa shape index (κ2) is 4.13. The Morgan fingerprint density at radius 2 is 2.29 bits per heavy atom. The molecule has 1 aliphatic rings. The highest BCUT2D eigenvalue weighted by atomic mass is 16.7. The molecule has 0 aromatic heterocycles. The number of hydrogen-bond acceptors (Lipinski definition) is 4. The Balaban J connectivity index is 2.55. The molecule has 5 heteroatoms. The first-order chi connectivity index (χ1) is 6.56. The fraction of sp³-hybridized carbons (Fsp3) is 0.556. The lowest BCUT2D eigenvalue weighted by molar-refractivity contribution is -0.130. The average Bonchev–Trinajstić information content (AvgIpc) is 2.34. The van der Waals surface area contributed by atoms with Crippen LogP contribution in [-0.4, -0.2) is 36.8 Å². The number of likely N-dealkylation sites (N-methyl/N-ethyl adjacent to an activating group) is 1. The first-order valence-corrected chi connectivity index (χ1v) is 4.35. The van der Waals surface area contributed by atoms with Gasteiger partial charge < -0.3 is 14.4 Å². The van der Waals surface area contributed by atoms with Crippen molar-refractivity contribution < 1.29 is 19.1 Å². The number of carbonyl (C=O) groups excluding carboxylic acids is 2. The summed E-state index contributed by atoms with van der Waals surface area (Å²) in [5, 5.41) is 0. The molecule has 0 saturated carbocycles. The van der Waals surface area contributed by atoms with E-state index >= 15 is 0 Å². The van der Waals surface area contributed by atoms with Gasteiger partial charge in [0.1, 0.15) is 0 Å². The van der Waals surface area contributed by atoms with Crippen LogP contribution in [0.15, 0.2) is 11.6 Å². The highest BCUT2D eigenvalue weighted by Gasteiger charge is 2.29. The van der Waals surface area contributed by atoms with Crippen molar-refractivity contribution in [2.24, 2.45) is 0 Å². The van der Waals surface area contributed by atoms with E-state index in [0.717, 1.165) is 0 Å². The topological polar surface area (TPSA) is 55.8 Å². The number of carbonyl (C=O) groups is 2. The van der Waals surface area contributed by atoms with Crippen LogP contribution in [0, 0.1) is 0 Å². The van der Waals surface area contributed by atoms with E-state index in [1.54, 1.807) is 27.0 Å². The van der Waals surface area contributed by atoms with Gasteiger partial charge in [-0.3, -0.25) is 4.79 Å². The van der Waals surface area contributed by atoms with E-state index in [-0.39, 0.29) is 12.5 Å². The van der Waals surface area contributed by atoms with Crippen molar-refractivity contribution in [3.8, 4) is 0 Å². The molecule has 1 atom stereocenters. The summed E-state index contributed by atoms with van der Waals surface area (Å²) < 4.78 is 9.47. The van der Waals surface area contributed by atoms with E-state index in [4.69, 9.17) is 4.74 Å². The van der Waals surface area contributed by atoms with E-state index < -0.39 is 12.4 Å². The second-order valence-electron chi connectivity index (χ2n) is 2.96. The van der Waals surface area contributed by atoms with Crippen LogP contribution in [0.4, 0.5) is 4.79 Å². The van der Waals surface area contributed by atoms with Crippen molar-refractivity contribution in [3.05, 3.63) is 11.6 Å². The Labute approximate surface area is 82.3 Å². The summed E-state index contributed by atoms with van der Waals surface area (Å²) in [5.41, 5.74) is 0.571. The van der Waals surface area contributed by atoms with Crippen molar-refractivity contribution in [2.45, 2.75) is 20.1 Å². The molecule has 0 N–H and O–H groups in total. The Bertz CT molecular complexity index is 285. The van der Waals surface area contributed by atoms with Gasteiger partial charge in [0.25, 0.3) is 5.91 Å². The van der Waals surface area contributed by atoms with Gasteiger partial charge in [-0.25, -0.2) is 4.79 Å². The molecule has 0 bridgehead atoms. The van der Waals surface area contributed by atoms with Crippen LogP contribution in [0.5, 0.6) is 0 Å². The molecule has 1 amide bonds. The molecule has 0 aromatic carbocycles. The molecule has 1 aliphatic heterocycles. The van der Waals surface area contributed by atoms with Gasteiger partial charge in [-0.1, -0.05) is 0 Å². The van der Waals surface area contributed by atoms with Crippen LogP contribution in [0.25, 0.3) is 0 Å². The highest BCUT2D eigenvalue weighted by Crippen LogP contribution is 2.16. The van der Waals surface area contributed by atoms with Gasteiger partial charge in [0.15, 0.2) is 0 Å². The van der Waals surface area contributed by atoms with Gasteiger partial charge in [-0.15, -0.1) is 0 Å². The second-order valence-corrected chi connectivity index (χ2v) is 2.96. The summed E-state index contributed by atoms with van der Waals surface area (Å²) in [5.74, 6) is -0.140. The maximum absolute atomic E-state index is 11.3. The third-order valence-corrected chi connectivity index (χ3v) is 1.91. The molecule has 0 aliphatic carbocycles. The molecule has 0 aromatic rings. The molecule has 0 fully saturated rings. The number of ether oxygens (including phenoxy) is 2. The fourth-order valence-electron chi connectivity index (χ4n) is 1.15. The normalized spacial score (nSPS) is 20.8. The Morgan fingerprint density at radius 1 is 1.64 bits per heavy atom. The van der Waals surface area contributed by atoms with Crippen molar-refractivity contribution in [1.82, 2.24) is 4.90 Å². The van der Waals surface area contributed by atoms with E-state index in [2.05, 4.69) is 4.74 Å². The lowest BCUT2D eigenvalue weighted by atomic mass is 10.3. The molecule has 0 saturated heterocycles. The Kier molecular flexibility index (Phi) is 3.11. The fourth-order valence-corrected chi connectivity index (χ4v) is 1.15. The first-order valence-electron chi connectivity index (χ1n) is 4.35. The molecular weight excluding hydrogens is 186 g/mol. The molecule has 5 nitrogen and oxygen atoms in total. The predicted octanol–water partition coefficient (Wildman–Crippen LogP) is 0.904. The van der Waals surface area contributed by atoms with Gasteiger partial charge in [-0.2, -0.15) is 0 Å². The quantitative estimate of drug-likeness (QED) is 0.620. The van der Waals surface area contributed by atoms with Crippen LogP contribution in [-0.2, 0) is 14.3 Å². The average molecular weight is 199 g/mol. The molecule has 1 unspecified atom stereocenters. The van der Waals surface area contributed by atoms with Crippen LogP contribution < -0.4 is 0 Å². The third-order valence-electron chi connectivity index (χ3n) is 1.91. The Morgan fingerprint density at radius 3 is 2.71 bits per heavy atom. The van der Waals surface area contributed by atoms with Crippen molar-refractivity contribution in [3.63, 3.8) is 0 Å². The van der Waals surface area contributed by atoms with Gasteiger partial charge in [0.05, 0.1) is 6.61 Å². The van der Waals surface area contributed by atoms with Crippen LogP contribution in [0.1, 0.15) is 13.8 Å². The monoisotopic (exact) mass is 199 g/mol. The summed E-state index contributed by atoms with van der Waals surface area (Å²) in [4.78, 5) is 23.6. The van der Waals surface area contributed by atoms with Gasteiger partial charge in [-0.05, 0) is 19.9 Å². The van der Waals surface area contributed by atoms with Crippen LogP contribution >= 0.6 is 0 Å². The minimum atomic E-state index is -0.761. The summed E-state index contributed by atoms with van der Waals surface area (Å²) >= 11 is 0. The van der Waals surface area contributed by atoms with Gasteiger partial charge in [0.2, 0.25) is 6.23 Å². The molecule has 0 radical (unpaired) electrons. The summed E-state index contributed by atoms with van der Waals surface area (Å²) in [6.45, 7) is 3.62. The summed E-state index contributed by atoms with van der Waals surface area (Å²) in [6, 6.07) is 0. The molecular formula is C9H13NO4. The van der Waals surface area contributed by atoms with E-state index in [9.17, 15) is 9.59 Å². The molecule has 78 valence electrons. The number of hydrogen-bond donors (Lipinski definition) is 0. The number of amides is 1. The van der Waals surface area contributed by atoms with Crippen molar-refractivity contribution in [1.29, 1.82) is 0 Å².